The maximum atomic E-state index is 13.2. The van der Waals surface area contributed by atoms with Crippen molar-refractivity contribution < 1.29 is 29.1 Å². The number of hydrogen-bond acceptors (Lipinski definition) is 5. The number of benzene rings is 1. The maximum absolute atomic E-state index is 13.2. The van der Waals surface area contributed by atoms with E-state index in [1.807, 2.05) is 0 Å². The van der Waals surface area contributed by atoms with Crippen LogP contribution in [0.5, 0.6) is 0 Å². The molecule has 2 N–H and O–H groups in total. The first-order chi connectivity index (χ1) is 9.81. The quantitative estimate of drug-likeness (QED) is 0.615. The van der Waals surface area contributed by atoms with Gasteiger partial charge in [-0.1, -0.05) is 0 Å². The lowest BCUT2D eigenvalue weighted by molar-refractivity contribution is -0.387. The van der Waals surface area contributed by atoms with E-state index in [1.165, 1.54) is 0 Å². The molecule has 2 atom stereocenters. The van der Waals surface area contributed by atoms with Gasteiger partial charge in [0, 0.05) is 24.6 Å². The Morgan fingerprint density at radius 2 is 2.10 bits per heavy atom. The zero-order chi connectivity index (χ0) is 15.7. The smallest absolute Gasteiger partial charge is 0.326 e. The summed E-state index contributed by atoms with van der Waals surface area (Å²) < 4.78 is 13.2. The van der Waals surface area contributed by atoms with Crippen molar-refractivity contribution >= 4 is 17.6 Å². The van der Waals surface area contributed by atoms with Gasteiger partial charge in [0.25, 0.3) is 5.91 Å². The second kappa shape index (κ2) is 5.44. The number of likely N-dealkylation sites (tertiary alicyclic amines) is 1. The summed E-state index contributed by atoms with van der Waals surface area (Å²) in [5.74, 6) is -3.17. The van der Waals surface area contributed by atoms with Gasteiger partial charge in [0.2, 0.25) is 5.82 Å². The van der Waals surface area contributed by atoms with E-state index in [9.17, 15) is 29.2 Å². The highest BCUT2D eigenvalue weighted by Gasteiger charge is 2.39. The first kappa shape index (κ1) is 14.9. The predicted octanol–water partition coefficient (Wildman–Crippen LogP) is 0.394. The van der Waals surface area contributed by atoms with Crippen molar-refractivity contribution in [2.24, 2.45) is 0 Å². The average molecular weight is 298 g/mol. The average Bonchev–Trinajstić information content (AvgIpc) is 2.80. The molecule has 0 spiro atoms. The fourth-order valence-corrected chi connectivity index (χ4v) is 2.22. The number of aliphatic hydroxyl groups is 1. The number of aliphatic hydroxyl groups excluding tert-OH is 1. The molecule has 0 saturated carbocycles. The van der Waals surface area contributed by atoms with Crippen LogP contribution in [0.4, 0.5) is 10.1 Å². The molecular formula is C12H11FN2O6. The molecule has 112 valence electrons. The fraction of sp³-hybridized carbons (Fsp3) is 0.333. The van der Waals surface area contributed by atoms with Gasteiger partial charge in [-0.2, -0.15) is 4.39 Å². The number of β-amino-alcohol motifs (C(OH)–C–C–N with tert-alkyl or cyclic N) is 1. The van der Waals surface area contributed by atoms with Crippen molar-refractivity contribution in [3.8, 4) is 0 Å². The Bertz CT molecular complexity index is 620. The summed E-state index contributed by atoms with van der Waals surface area (Å²) in [6.45, 7) is -0.193. The molecule has 1 aliphatic rings. The zero-order valence-corrected chi connectivity index (χ0v) is 10.6. The van der Waals surface area contributed by atoms with Crippen LogP contribution in [0.15, 0.2) is 18.2 Å². The molecule has 0 aliphatic carbocycles. The molecule has 0 bridgehead atoms. The number of nitro groups is 1. The van der Waals surface area contributed by atoms with Crippen LogP contribution in [-0.2, 0) is 4.79 Å². The van der Waals surface area contributed by atoms with Crippen LogP contribution in [0.3, 0.4) is 0 Å². The van der Waals surface area contributed by atoms with Crippen LogP contribution >= 0.6 is 0 Å². The van der Waals surface area contributed by atoms with Crippen LogP contribution in [0, 0.1) is 15.9 Å². The standard InChI is InChI=1S/C12H11FN2O6/c13-8-2-1-6(3-9(8)15(20)21)11(17)14-5-7(16)4-10(14)12(18)19/h1-3,7,10,16H,4-5H2,(H,18,19)/t7-,10+/m1/s1. The van der Waals surface area contributed by atoms with Gasteiger partial charge in [0.1, 0.15) is 6.04 Å². The maximum Gasteiger partial charge on any atom is 0.326 e. The molecule has 9 heteroatoms. The van der Waals surface area contributed by atoms with Crippen molar-refractivity contribution in [3.05, 3.63) is 39.7 Å². The molecule has 0 unspecified atom stereocenters. The van der Waals surface area contributed by atoms with Gasteiger partial charge in [0.05, 0.1) is 11.0 Å². The minimum absolute atomic E-state index is 0.121. The second-order valence-electron chi connectivity index (χ2n) is 4.62. The minimum Gasteiger partial charge on any atom is -0.480 e. The number of carbonyl (C=O) groups is 2. The first-order valence-electron chi connectivity index (χ1n) is 5.97. The van der Waals surface area contributed by atoms with Crippen molar-refractivity contribution in [2.75, 3.05) is 6.54 Å². The van der Waals surface area contributed by atoms with E-state index in [4.69, 9.17) is 5.11 Å². The number of carbonyl (C=O) groups excluding carboxylic acids is 1. The number of hydrogen-bond donors (Lipinski definition) is 2. The highest BCUT2D eigenvalue weighted by Crippen LogP contribution is 2.24. The summed E-state index contributed by atoms with van der Waals surface area (Å²) in [5, 5.41) is 29.1. The molecule has 0 radical (unpaired) electrons. The van der Waals surface area contributed by atoms with E-state index < -0.39 is 40.5 Å². The van der Waals surface area contributed by atoms with Gasteiger partial charge in [-0.15, -0.1) is 0 Å². The van der Waals surface area contributed by atoms with E-state index in [1.54, 1.807) is 0 Å². The third kappa shape index (κ3) is 2.82. The molecule has 8 nitrogen and oxygen atoms in total. The summed E-state index contributed by atoms with van der Waals surface area (Å²) >= 11 is 0. The lowest BCUT2D eigenvalue weighted by Gasteiger charge is -2.21. The van der Waals surface area contributed by atoms with E-state index >= 15 is 0 Å². The minimum atomic E-state index is -1.28. The summed E-state index contributed by atoms with van der Waals surface area (Å²) in [4.78, 5) is 33.8. The Morgan fingerprint density at radius 3 is 2.67 bits per heavy atom. The molecule has 1 heterocycles. The highest BCUT2D eigenvalue weighted by molar-refractivity contribution is 5.97. The van der Waals surface area contributed by atoms with E-state index in [2.05, 4.69) is 0 Å². The van der Waals surface area contributed by atoms with Gasteiger partial charge in [-0.25, -0.2) is 4.79 Å². The predicted molar refractivity (Wildman–Crippen MR) is 66.1 cm³/mol. The Hall–Kier alpha value is -2.55. The van der Waals surface area contributed by atoms with E-state index in [-0.39, 0.29) is 18.5 Å². The summed E-state index contributed by atoms with van der Waals surface area (Å²) in [5.41, 5.74) is -1.07. The Balaban J connectivity index is 2.33. The summed E-state index contributed by atoms with van der Waals surface area (Å²) in [6, 6.07) is 1.35. The number of carboxylic acid groups (broad SMARTS) is 1. The lowest BCUT2D eigenvalue weighted by Crippen LogP contribution is -2.40. The monoisotopic (exact) mass is 298 g/mol. The Morgan fingerprint density at radius 1 is 1.43 bits per heavy atom. The summed E-state index contributed by atoms with van der Waals surface area (Å²) in [6.07, 6.45) is -1.10. The van der Waals surface area contributed by atoms with Crippen LogP contribution in [0.2, 0.25) is 0 Å². The third-order valence-electron chi connectivity index (χ3n) is 3.21. The van der Waals surface area contributed by atoms with Gasteiger partial charge in [-0.3, -0.25) is 14.9 Å². The Kier molecular flexibility index (Phi) is 3.85. The fourth-order valence-electron chi connectivity index (χ4n) is 2.22. The molecule has 1 aromatic carbocycles. The highest BCUT2D eigenvalue weighted by atomic mass is 19.1. The van der Waals surface area contributed by atoms with Crippen LogP contribution in [0.25, 0.3) is 0 Å². The third-order valence-corrected chi connectivity index (χ3v) is 3.21. The first-order valence-corrected chi connectivity index (χ1v) is 5.97. The van der Waals surface area contributed by atoms with Crippen LogP contribution < -0.4 is 0 Å². The molecule has 21 heavy (non-hydrogen) atoms. The van der Waals surface area contributed by atoms with E-state index in [0.717, 1.165) is 23.1 Å². The molecule has 1 fully saturated rings. The van der Waals surface area contributed by atoms with Crippen LogP contribution in [0.1, 0.15) is 16.8 Å². The number of nitro benzene ring substituents is 1. The van der Waals surface area contributed by atoms with Crippen molar-refractivity contribution in [3.63, 3.8) is 0 Å². The van der Waals surface area contributed by atoms with Crippen LogP contribution in [-0.4, -0.2) is 50.6 Å². The number of nitrogens with zero attached hydrogens (tertiary/aromatic N) is 2. The van der Waals surface area contributed by atoms with E-state index in [0.29, 0.717) is 0 Å². The van der Waals surface area contributed by atoms with Gasteiger partial charge < -0.3 is 15.1 Å². The molecule has 0 aromatic heterocycles. The largest absolute Gasteiger partial charge is 0.480 e. The zero-order valence-electron chi connectivity index (χ0n) is 10.6. The molecular weight excluding hydrogens is 287 g/mol. The van der Waals surface area contributed by atoms with Crippen molar-refractivity contribution in [1.29, 1.82) is 0 Å². The number of halogens is 1. The van der Waals surface area contributed by atoms with Gasteiger partial charge in [-0.05, 0) is 12.1 Å². The SMILES string of the molecule is O=C(O)[C@@H]1C[C@@H](O)CN1C(=O)c1ccc(F)c([N+](=O)[O-])c1. The Labute approximate surface area is 117 Å². The molecule has 2 rings (SSSR count). The van der Waals surface area contributed by atoms with Crippen molar-refractivity contribution in [1.82, 2.24) is 4.90 Å². The van der Waals surface area contributed by atoms with Gasteiger partial charge >= 0.3 is 11.7 Å². The van der Waals surface area contributed by atoms with Crippen molar-refractivity contribution in [2.45, 2.75) is 18.6 Å². The topological polar surface area (TPSA) is 121 Å². The normalized spacial score (nSPS) is 21.3. The number of rotatable bonds is 3. The molecule has 1 saturated heterocycles. The molecule has 1 aromatic rings. The second-order valence-corrected chi connectivity index (χ2v) is 4.62. The molecule has 1 aliphatic heterocycles. The summed E-state index contributed by atoms with van der Waals surface area (Å²) in [7, 11) is 0. The van der Waals surface area contributed by atoms with Gasteiger partial charge in [0.15, 0.2) is 0 Å². The lowest BCUT2D eigenvalue weighted by atomic mass is 10.1. The molecule has 1 amide bonds. The number of aliphatic carboxylic acids is 1. The number of carboxylic acids is 1. The number of amides is 1.